The first kappa shape index (κ1) is 24.7. The molecule has 1 atom stereocenters. The fourth-order valence-electron chi connectivity index (χ4n) is 4.70. The van der Waals surface area contributed by atoms with Gasteiger partial charge < -0.3 is 20.1 Å². The highest BCUT2D eigenvalue weighted by molar-refractivity contribution is 5.94. The van der Waals surface area contributed by atoms with Crippen LogP contribution in [0.4, 0.5) is 20.5 Å². The molecule has 5 rings (SSSR count). The van der Waals surface area contributed by atoms with Gasteiger partial charge in [0.05, 0.1) is 17.3 Å². The van der Waals surface area contributed by atoms with Crippen molar-refractivity contribution in [3.05, 3.63) is 59.7 Å². The number of benzene rings is 1. The first-order valence-corrected chi connectivity index (χ1v) is 12.2. The van der Waals surface area contributed by atoms with Gasteiger partial charge in [-0.2, -0.15) is 0 Å². The molecule has 37 heavy (non-hydrogen) atoms. The molecule has 4 heterocycles. The largest absolute Gasteiger partial charge is 0.336 e. The lowest BCUT2D eigenvalue weighted by Crippen LogP contribution is -2.51. The Kier molecular flexibility index (Phi) is 6.55. The fraction of sp³-hybridized carbons (Fsp3) is 0.346. The molecule has 0 spiro atoms. The number of hydrogen-bond donors (Lipinski definition) is 2. The SMILES string of the molecule is Cc1nc2c(F)cc(-c3nc(Nc4ccc(C(=O)N5CCN[C@H](C)C5)cn4)ncc3F)cc2n1C(C)C. The van der Waals surface area contributed by atoms with Crippen molar-refractivity contribution in [1.82, 2.24) is 34.7 Å². The predicted molar refractivity (Wildman–Crippen MR) is 137 cm³/mol. The Morgan fingerprint density at radius 2 is 1.95 bits per heavy atom. The standard InChI is InChI=1S/C26H28F2N8O/c1-14(2)36-16(4)32-24-19(27)9-18(10-21(24)36)23-20(28)12-31-26(34-23)33-22-6-5-17(11-30-22)25(37)35-8-7-29-15(3)13-35/h5-6,9-12,14-15,29H,7-8,13H2,1-4H3,(H,30,31,33,34)/t15-/m1/s1. The van der Waals surface area contributed by atoms with E-state index in [9.17, 15) is 13.6 Å². The number of fused-ring (bicyclic) bond motifs is 1. The summed E-state index contributed by atoms with van der Waals surface area (Å²) in [6, 6.07) is 6.51. The van der Waals surface area contributed by atoms with Gasteiger partial charge in [-0.15, -0.1) is 0 Å². The van der Waals surface area contributed by atoms with Gasteiger partial charge in [0.15, 0.2) is 11.6 Å². The van der Waals surface area contributed by atoms with E-state index in [1.165, 1.54) is 12.3 Å². The molecule has 9 nitrogen and oxygen atoms in total. The van der Waals surface area contributed by atoms with Crippen LogP contribution in [0, 0.1) is 18.6 Å². The third-order valence-electron chi connectivity index (χ3n) is 6.37. The smallest absolute Gasteiger partial charge is 0.255 e. The van der Waals surface area contributed by atoms with Crippen LogP contribution >= 0.6 is 0 Å². The van der Waals surface area contributed by atoms with Gasteiger partial charge in [-0.25, -0.2) is 28.7 Å². The van der Waals surface area contributed by atoms with Crippen LogP contribution in [0.25, 0.3) is 22.3 Å². The van der Waals surface area contributed by atoms with Gasteiger partial charge in [0.1, 0.15) is 22.9 Å². The molecule has 0 saturated carbocycles. The van der Waals surface area contributed by atoms with E-state index in [-0.39, 0.29) is 40.7 Å². The van der Waals surface area contributed by atoms with Gasteiger partial charge in [0.2, 0.25) is 5.95 Å². The lowest BCUT2D eigenvalue weighted by molar-refractivity contribution is 0.0708. The Labute approximate surface area is 213 Å². The number of halogens is 2. The summed E-state index contributed by atoms with van der Waals surface area (Å²) in [5.41, 5.74) is 1.50. The van der Waals surface area contributed by atoms with Crippen molar-refractivity contribution in [2.24, 2.45) is 0 Å². The van der Waals surface area contributed by atoms with Crippen LogP contribution in [-0.4, -0.2) is 61.0 Å². The molecule has 1 aliphatic heterocycles. The minimum absolute atomic E-state index is 0.0445. The third-order valence-corrected chi connectivity index (χ3v) is 6.37. The molecule has 3 aromatic heterocycles. The maximum absolute atomic E-state index is 14.9. The number of carbonyl (C=O) groups is 1. The van der Waals surface area contributed by atoms with Gasteiger partial charge in [0.25, 0.3) is 5.91 Å². The fourth-order valence-corrected chi connectivity index (χ4v) is 4.70. The first-order chi connectivity index (χ1) is 17.7. The zero-order valence-electron chi connectivity index (χ0n) is 21.1. The average Bonchev–Trinajstić information content (AvgIpc) is 3.22. The summed E-state index contributed by atoms with van der Waals surface area (Å²) >= 11 is 0. The minimum atomic E-state index is -0.684. The Morgan fingerprint density at radius 1 is 1.14 bits per heavy atom. The molecular weight excluding hydrogens is 478 g/mol. The molecule has 11 heteroatoms. The van der Waals surface area contributed by atoms with Crippen molar-refractivity contribution in [3.63, 3.8) is 0 Å². The number of hydrogen-bond acceptors (Lipinski definition) is 7. The predicted octanol–water partition coefficient (Wildman–Crippen LogP) is 4.23. The summed E-state index contributed by atoms with van der Waals surface area (Å²) in [5.74, 6) is -0.169. The van der Waals surface area contributed by atoms with Crippen molar-refractivity contribution < 1.29 is 13.6 Å². The molecule has 0 unspecified atom stereocenters. The maximum Gasteiger partial charge on any atom is 0.255 e. The normalized spacial score (nSPS) is 16.0. The Morgan fingerprint density at radius 3 is 2.65 bits per heavy atom. The molecule has 2 N–H and O–H groups in total. The van der Waals surface area contributed by atoms with Crippen molar-refractivity contribution >= 4 is 28.7 Å². The van der Waals surface area contributed by atoms with Crippen LogP contribution in [0.1, 0.15) is 43.0 Å². The lowest BCUT2D eigenvalue weighted by atomic mass is 10.1. The molecule has 1 aromatic carbocycles. The minimum Gasteiger partial charge on any atom is -0.336 e. The monoisotopic (exact) mass is 506 g/mol. The maximum atomic E-state index is 14.9. The zero-order valence-corrected chi connectivity index (χ0v) is 21.1. The van der Waals surface area contributed by atoms with Crippen LogP contribution in [-0.2, 0) is 0 Å². The molecule has 1 saturated heterocycles. The molecule has 1 amide bonds. The van der Waals surface area contributed by atoms with Crippen LogP contribution < -0.4 is 10.6 Å². The van der Waals surface area contributed by atoms with E-state index < -0.39 is 11.6 Å². The number of anilines is 2. The summed E-state index contributed by atoms with van der Waals surface area (Å²) in [4.78, 5) is 31.5. The summed E-state index contributed by atoms with van der Waals surface area (Å²) in [5, 5.41) is 6.24. The highest BCUT2D eigenvalue weighted by atomic mass is 19.1. The van der Waals surface area contributed by atoms with E-state index in [0.717, 1.165) is 12.7 Å². The van der Waals surface area contributed by atoms with Crippen LogP contribution in [0.2, 0.25) is 0 Å². The highest BCUT2D eigenvalue weighted by Gasteiger charge is 2.22. The quantitative estimate of drug-likeness (QED) is 0.418. The highest BCUT2D eigenvalue weighted by Crippen LogP contribution is 2.30. The number of carbonyl (C=O) groups excluding carboxylic acids is 1. The van der Waals surface area contributed by atoms with E-state index in [4.69, 9.17) is 0 Å². The number of nitrogens with zero attached hydrogens (tertiary/aromatic N) is 6. The second kappa shape index (κ2) is 9.81. The van der Waals surface area contributed by atoms with Gasteiger partial charge in [-0.05, 0) is 52.0 Å². The van der Waals surface area contributed by atoms with E-state index in [1.54, 1.807) is 23.1 Å². The Bertz CT molecular complexity index is 1470. The van der Waals surface area contributed by atoms with E-state index in [1.807, 2.05) is 32.3 Å². The molecule has 0 bridgehead atoms. The van der Waals surface area contributed by atoms with Crippen molar-refractivity contribution in [2.75, 3.05) is 25.0 Å². The lowest BCUT2D eigenvalue weighted by Gasteiger charge is -2.31. The van der Waals surface area contributed by atoms with Crippen LogP contribution in [0.3, 0.4) is 0 Å². The van der Waals surface area contributed by atoms with Gasteiger partial charge in [-0.3, -0.25) is 4.79 Å². The van der Waals surface area contributed by atoms with Gasteiger partial charge in [-0.1, -0.05) is 0 Å². The van der Waals surface area contributed by atoms with Crippen LogP contribution in [0.5, 0.6) is 0 Å². The summed E-state index contributed by atoms with van der Waals surface area (Å²) in [6.07, 6.45) is 2.52. The zero-order chi connectivity index (χ0) is 26.3. The number of piperazine rings is 1. The number of aryl methyl sites for hydroxylation is 1. The Balaban J connectivity index is 1.40. The molecule has 0 radical (unpaired) electrons. The van der Waals surface area contributed by atoms with E-state index in [0.29, 0.717) is 35.8 Å². The summed E-state index contributed by atoms with van der Waals surface area (Å²) in [7, 11) is 0. The summed E-state index contributed by atoms with van der Waals surface area (Å²) in [6.45, 7) is 9.81. The number of pyridine rings is 1. The number of nitrogens with one attached hydrogen (secondary N) is 2. The number of amides is 1. The van der Waals surface area contributed by atoms with Gasteiger partial charge >= 0.3 is 0 Å². The van der Waals surface area contributed by atoms with Crippen LogP contribution in [0.15, 0.2) is 36.7 Å². The molecule has 4 aromatic rings. The number of imidazole rings is 1. The topological polar surface area (TPSA) is 101 Å². The number of aromatic nitrogens is 5. The molecule has 1 fully saturated rings. The van der Waals surface area contributed by atoms with E-state index >= 15 is 0 Å². The second-order valence-corrected chi connectivity index (χ2v) is 9.50. The van der Waals surface area contributed by atoms with E-state index in [2.05, 4.69) is 30.6 Å². The average molecular weight is 507 g/mol. The van der Waals surface area contributed by atoms with Gasteiger partial charge in [0, 0.05) is 43.5 Å². The molecule has 1 aliphatic rings. The Hall–Kier alpha value is -3.99. The number of rotatable bonds is 5. The van der Waals surface area contributed by atoms with Crippen molar-refractivity contribution in [3.8, 4) is 11.3 Å². The summed E-state index contributed by atoms with van der Waals surface area (Å²) < 4.78 is 31.6. The molecule has 192 valence electrons. The first-order valence-electron chi connectivity index (χ1n) is 12.2. The molecule has 0 aliphatic carbocycles. The van der Waals surface area contributed by atoms with Crippen molar-refractivity contribution in [2.45, 2.75) is 39.8 Å². The second-order valence-electron chi connectivity index (χ2n) is 9.50. The third kappa shape index (κ3) is 4.86. The van der Waals surface area contributed by atoms with Crippen molar-refractivity contribution in [1.29, 1.82) is 0 Å². The molecular formula is C26H28F2N8O.